The van der Waals surface area contributed by atoms with Gasteiger partial charge in [0, 0.05) is 11.6 Å². The summed E-state index contributed by atoms with van der Waals surface area (Å²) in [5, 5.41) is 7.40. The monoisotopic (exact) mass is 403 g/mol. The number of carbonyl (C=O) groups excluding carboxylic acids is 1. The van der Waals surface area contributed by atoms with Gasteiger partial charge in [-0.15, -0.1) is 0 Å². The Kier molecular flexibility index (Phi) is 6.23. The van der Waals surface area contributed by atoms with Gasteiger partial charge >= 0.3 is 0 Å². The lowest BCUT2D eigenvalue weighted by Crippen LogP contribution is -2.30. The standard InChI is InChI=1S/C19H19ClFN5O2/c1-25(9-13-3-6-18(28-2)15(21)7-13)10-19(27)24-16-8-14(20)4-5-17(16)26-12-22-11-23-26/h3-8,11-12H,9-10H2,1-2H3,(H,24,27). The molecule has 0 saturated heterocycles. The van der Waals surface area contributed by atoms with Gasteiger partial charge in [0.05, 0.1) is 25.0 Å². The highest BCUT2D eigenvalue weighted by atomic mass is 35.5. The molecule has 3 aromatic rings. The smallest absolute Gasteiger partial charge is 0.238 e. The van der Waals surface area contributed by atoms with Gasteiger partial charge in [-0.3, -0.25) is 9.69 Å². The fourth-order valence-electron chi connectivity index (χ4n) is 2.75. The largest absolute Gasteiger partial charge is 0.494 e. The first kappa shape index (κ1) is 19.8. The molecule has 3 rings (SSSR count). The van der Waals surface area contributed by atoms with Gasteiger partial charge in [-0.05, 0) is 42.9 Å². The van der Waals surface area contributed by atoms with Crippen LogP contribution < -0.4 is 10.1 Å². The number of halogens is 2. The molecular weight excluding hydrogens is 385 g/mol. The number of carbonyl (C=O) groups is 1. The molecule has 0 aliphatic heterocycles. The molecule has 0 radical (unpaired) electrons. The van der Waals surface area contributed by atoms with Gasteiger partial charge in [-0.25, -0.2) is 14.1 Å². The molecule has 0 fully saturated rings. The fraction of sp³-hybridized carbons (Fsp3) is 0.211. The van der Waals surface area contributed by atoms with Crippen molar-refractivity contribution in [3.8, 4) is 11.4 Å². The maximum atomic E-state index is 13.8. The van der Waals surface area contributed by atoms with Crippen molar-refractivity contribution in [2.24, 2.45) is 0 Å². The molecule has 2 aromatic carbocycles. The number of benzene rings is 2. The van der Waals surface area contributed by atoms with Crippen LogP contribution in [0, 0.1) is 5.82 Å². The van der Waals surface area contributed by atoms with Crippen molar-refractivity contribution < 1.29 is 13.9 Å². The van der Waals surface area contributed by atoms with Crippen LogP contribution in [0.15, 0.2) is 49.1 Å². The van der Waals surface area contributed by atoms with Gasteiger partial charge in [-0.1, -0.05) is 17.7 Å². The maximum Gasteiger partial charge on any atom is 0.238 e. The molecule has 1 aromatic heterocycles. The van der Waals surface area contributed by atoms with Gasteiger partial charge in [0.2, 0.25) is 5.91 Å². The van der Waals surface area contributed by atoms with Crippen LogP contribution in [0.2, 0.25) is 5.02 Å². The van der Waals surface area contributed by atoms with Crippen LogP contribution in [0.1, 0.15) is 5.56 Å². The lowest BCUT2D eigenvalue weighted by Gasteiger charge is -2.18. The van der Waals surface area contributed by atoms with E-state index in [4.69, 9.17) is 16.3 Å². The second-order valence-corrected chi connectivity index (χ2v) is 6.63. The van der Waals surface area contributed by atoms with Crippen molar-refractivity contribution >= 4 is 23.2 Å². The Morgan fingerprint density at radius 1 is 1.32 bits per heavy atom. The zero-order chi connectivity index (χ0) is 20.1. The van der Waals surface area contributed by atoms with E-state index in [9.17, 15) is 9.18 Å². The third kappa shape index (κ3) is 4.85. The predicted molar refractivity (Wildman–Crippen MR) is 104 cm³/mol. The molecule has 0 saturated carbocycles. The summed E-state index contributed by atoms with van der Waals surface area (Å²) in [6.07, 6.45) is 2.94. The number of hydrogen-bond donors (Lipinski definition) is 1. The Labute approximate surface area is 166 Å². The molecule has 1 amide bonds. The molecule has 0 atom stereocenters. The van der Waals surface area contributed by atoms with Crippen LogP contribution in [-0.2, 0) is 11.3 Å². The third-order valence-corrected chi connectivity index (χ3v) is 4.22. The van der Waals surface area contributed by atoms with Crippen LogP contribution >= 0.6 is 11.6 Å². The van der Waals surface area contributed by atoms with Gasteiger partial charge in [-0.2, -0.15) is 5.10 Å². The quantitative estimate of drug-likeness (QED) is 0.656. The molecule has 1 heterocycles. The van der Waals surface area contributed by atoms with Crippen LogP contribution in [0.3, 0.4) is 0 Å². The molecule has 0 spiro atoms. The summed E-state index contributed by atoms with van der Waals surface area (Å²) in [7, 11) is 3.19. The Hall–Kier alpha value is -2.97. The van der Waals surface area contributed by atoms with E-state index in [0.29, 0.717) is 22.9 Å². The number of likely N-dealkylation sites (N-methyl/N-ethyl adjacent to an activating group) is 1. The van der Waals surface area contributed by atoms with E-state index in [1.54, 1.807) is 42.3 Å². The number of ether oxygens (including phenoxy) is 1. The molecule has 0 aliphatic carbocycles. The minimum Gasteiger partial charge on any atom is -0.494 e. The normalized spacial score (nSPS) is 10.9. The minimum absolute atomic E-state index is 0.108. The Morgan fingerprint density at radius 2 is 2.14 bits per heavy atom. The summed E-state index contributed by atoms with van der Waals surface area (Å²) in [5.74, 6) is -0.486. The lowest BCUT2D eigenvalue weighted by atomic mass is 10.2. The van der Waals surface area contributed by atoms with Crippen LogP contribution in [0.4, 0.5) is 10.1 Å². The van der Waals surface area contributed by atoms with Crippen molar-refractivity contribution in [2.45, 2.75) is 6.54 Å². The van der Waals surface area contributed by atoms with Crippen molar-refractivity contribution in [2.75, 3.05) is 26.0 Å². The maximum absolute atomic E-state index is 13.8. The molecule has 9 heteroatoms. The average Bonchev–Trinajstić information content (AvgIpc) is 3.16. The topological polar surface area (TPSA) is 72.3 Å². The first-order valence-corrected chi connectivity index (χ1v) is 8.79. The van der Waals surface area contributed by atoms with E-state index in [1.165, 1.54) is 30.5 Å². The van der Waals surface area contributed by atoms with Crippen molar-refractivity contribution in [3.63, 3.8) is 0 Å². The highest BCUT2D eigenvalue weighted by Gasteiger charge is 2.13. The Balaban J connectivity index is 1.66. The Bertz CT molecular complexity index is 965. The first-order valence-electron chi connectivity index (χ1n) is 8.41. The number of rotatable bonds is 7. The van der Waals surface area contributed by atoms with E-state index in [0.717, 1.165) is 5.56 Å². The highest BCUT2D eigenvalue weighted by Crippen LogP contribution is 2.24. The number of aromatic nitrogens is 3. The number of nitrogens with one attached hydrogen (secondary N) is 1. The second kappa shape index (κ2) is 8.81. The van der Waals surface area contributed by atoms with Gasteiger partial charge in [0.15, 0.2) is 11.6 Å². The van der Waals surface area contributed by atoms with Crippen LogP contribution in [0.25, 0.3) is 5.69 Å². The number of methoxy groups -OCH3 is 1. The minimum atomic E-state index is -0.436. The van der Waals surface area contributed by atoms with E-state index >= 15 is 0 Å². The molecule has 28 heavy (non-hydrogen) atoms. The predicted octanol–water partition coefficient (Wildman–Crippen LogP) is 3.14. The number of anilines is 1. The molecule has 0 bridgehead atoms. The number of hydrogen-bond acceptors (Lipinski definition) is 5. The average molecular weight is 404 g/mol. The van der Waals surface area contributed by atoms with Crippen molar-refractivity contribution in [3.05, 3.63) is 65.5 Å². The third-order valence-electron chi connectivity index (χ3n) is 3.98. The van der Waals surface area contributed by atoms with Crippen LogP contribution in [0.5, 0.6) is 5.75 Å². The zero-order valence-electron chi connectivity index (χ0n) is 15.4. The van der Waals surface area contributed by atoms with E-state index in [-0.39, 0.29) is 18.2 Å². The molecule has 0 aliphatic rings. The van der Waals surface area contributed by atoms with Crippen LogP contribution in [-0.4, -0.2) is 46.3 Å². The summed E-state index contributed by atoms with van der Waals surface area (Å²) in [6.45, 7) is 0.511. The molecule has 146 valence electrons. The Morgan fingerprint density at radius 3 is 2.82 bits per heavy atom. The van der Waals surface area contributed by atoms with Crippen molar-refractivity contribution in [1.82, 2.24) is 19.7 Å². The summed E-state index contributed by atoms with van der Waals surface area (Å²) in [4.78, 5) is 18.2. The van der Waals surface area contributed by atoms with Crippen molar-refractivity contribution in [1.29, 1.82) is 0 Å². The van der Waals surface area contributed by atoms with Gasteiger partial charge in [0.25, 0.3) is 0 Å². The summed E-state index contributed by atoms with van der Waals surface area (Å²) < 4.78 is 20.3. The summed E-state index contributed by atoms with van der Waals surface area (Å²) >= 11 is 6.06. The summed E-state index contributed by atoms with van der Waals surface area (Å²) in [5.41, 5.74) is 1.90. The number of nitrogens with zero attached hydrogens (tertiary/aromatic N) is 4. The molecule has 0 unspecified atom stereocenters. The van der Waals surface area contributed by atoms with E-state index in [1.807, 2.05) is 0 Å². The fourth-order valence-corrected chi connectivity index (χ4v) is 2.92. The molecule has 7 nitrogen and oxygen atoms in total. The van der Waals surface area contributed by atoms with E-state index < -0.39 is 5.82 Å². The SMILES string of the molecule is COc1ccc(CN(C)CC(=O)Nc2cc(Cl)ccc2-n2cncn2)cc1F. The van der Waals surface area contributed by atoms with Gasteiger partial charge in [0.1, 0.15) is 12.7 Å². The van der Waals surface area contributed by atoms with E-state index in [2.05, 4.69) is 15.4 Å². The second-order valence-electron chi connectivity index (χ2n) is 6.19. The molecular formula is C19H19ClFN5O2. The lowest BCUT2D eigenvalue weighted by molar-refractivity contribution is -0.117. The molecule has 1 N–H and O–H groups in total. The zero-order valence-corrected chi connectivity index (χ0v) is 16.2. The number of amides is 1. The summed E-state index contributed by atoms with van der Waals surface area (Å²) in [6, 6.07) is 9.82. The first-order chi connectivity index (χ1) is 13.5. The highest BCUT2D eigenvalue weighted by molar-refractivity contribution is 6.31. The van der Waals surface area contributed by atoms with Gasteiger partial charge < -0.3 is 10.1 Å².